The summed E-state index contributed by atoms with van der Waals surface area (Å²) in [7, 11) is 0. The first-order chi connectivity index (χ1) is 63.5. The first-order valence-electron chi connectivity index (χ1n) is 44.4. The number of anilines is 2. The van der Waals surface area contributed by atoms with Crippen LogP contribution in [0.1, 0.15) is 22.5 Å². The van der Waals surface area contributed by atoms with Crippen LogP contribution >= 0.6 is 0 Å². The summed E-state index contributed by atoms with van der Waals surface area (Å²) in [4.78, 5) is 27.5. The normalized spacial score (nSPS) is 16.8. The minimum Gasteiger partial charge on any atom is -0.491 e. The van der Waals surface area contributed by atoms with E-state index >= 15 is 0 Å². The summed E-state index contributed by atoms with van der Waals surface area (Å²) in [6.45, 7) is 10.7. The second kappa shape index (κ2) is 39.2. The van der Waals surface area contributed by atoms with Crippen LogP contribution in [0.5, 0.6) is 23.0 Å². The van der Waals surface area contributed by atoms with Crippen LogP contribution in [0.2, 0.25) is 0 Å². The maximum atomic E-state index is 6.56. The van der Waals surface area contributed by atoms with Crippen molar-refractivity contribution in [2.75, 3.05) is 168 Å². The first kappa shape index (κ1) is 82.8. The molecule has 19 heteroatoms. The van der Waals surface area contributed by atoms with Crippen molar-refractivity contribution in [2.45, 2.75) is 5.41 Å². The Balaban J connectivity index is 0.605. The number of nitrogens with zero attached hydrogens (tertiary/aromatic N) is 7. The number of hydrogen-bond donors (Lipinski definition) is 0. The number of hydrogen-bond acceptors (Lipinski definition) is 18. The van der Waals surface area contributed by atoms with Crippen molar-refractivity contribution in [3.63, 3.8) is 0 Å². The van der Waals surface area contributed by atoms with E-state index in [1.165, 1.54) is 43.1 Å². The van der Waals surface area contributed by atoms with Crippen LogP contribution in [0.25, 0.3) is 126 Å². The van der Waals surface area contributed by atoms with Crippen molar-refractivity contribution >= 4 is 109 Å². The average Bonchev–Trinajstić information content (AvgIpc) is 0.850. The molecule has 11 heterocycles. The molecule has 0 saturated carbocycles. The number of fused-ring (bicyclic) bond motifs is 13. The highest BCUT2D eigenvalue weighted by molar-refractivity contribution is 6.26. The van der Waals surface area contributed by atoms with E-state index in [9.17, 15) is 0 Å². The molecule has 0 N–H and O–H groups in total. The third-order valence-electron chi connectivity index (χ3n) is 24.3. The zero-order valence-electron chi connectivity index (χ0n) is 71.4. The molecule has 0 fully saturated rings. The van der Waals surface area contributed by atoms with E-state index in [1.54, 1.807) is 0 Å². The summed E-state index contributed by atoms with van der Waals surface area (Å²) in [5, 5.41) is 13.5. The predicted molar refractivity (Wildman–Crippen MR) is 510 cm³/mol. The molecule has 19 nitrogen and oxygen atoms in total. The summed E-state index contributed by atoms with van der Waals surface area (Å²) in [5.41, 5.74) is 13.9. The maximum absolute atomic E-state index is 6.56. The van der Waals surface area contributed by atoms with E-state index in [0.717, 1.165) is 117 Å². The lowest BCUT2D eigenvalue weighted by Gasteiger charge is -2.35. The van der Waals surface area contributed by atoms with Crippen molar-refractivity contribution in [1.82, 2.24) is 24.5 Å². The minimum atomic E-state index is -1.23. The van der Waals surface area contributed by atoms with Crippen molar-refractivity contribution in [3.8, 4) is 51.2 Å². The molecule has 1 unspecified atom stereocenters. The maximum Gasteiger partial charge on any atom is 0.119 e. The predicted octanol–water partition coefficient (Wildman–Crippen LogP) is 20.8. The van der Waals surface area contributed by atoms with Crippen LogP contribution in [0.4, 0.5) is 11.4 Å². The van der Waals surface area contributed by atoms with E-state index in [4.69, 9.17) is 76.8 Å². The average molecular weight is 1700 g/mol. The molecule has 13 aromatic carbocycles. The van der Waals surface area contributed by atoms with Gasteiger partial charge >= 0.3 is 0 Å². The molecule has 0 aliphatic carbocycles. The Morgan fingerprint density at radius 2 is 0.531 bits per heavy atom. The van der Waals surface area contributed by atoms with Gasteiger partial charge in [0.05, 0.1) is 162 Å². The van der Waals surface area contributed by atoms with Gasteiger partial charge in [0, 0.05) is 86.7 Å². The van der Waals surface area contributed by atoms with E-state index < -0.39 is 5.41 Å². The van der Waals surface area contributed by atoms with Crippen LogP contribution in [-0.4, -0.2) is 183 Å². The van der Waals surface area contributed by atoms with Gasteiger partial charge < -0.3 is 71.2 Å². The molecule has 6 aliphatic heterocycles. The molecule has 642 valence electrons. The quantitative estimate of drug-likeness (QED) is 0.153. The fraction of sp³-hybridized carbons (Fsp3) is 0.229. The lowest BCUT2D eigenvalue weighted by atomic mass is 9.68. The van der Waals surface area contributed by atoms with Crippen LogP contribution in [0.15, 0.2) is 309 Å². The van der Waals surface area contributed by atoms with Crippen LogP contribution in [0, 0.1) is 0 Å². The number of aromatic nitrogens is 5. The Hall–Kier alpha value is -13.4. The second-order valence-corrected chi connectivity index (χ2v) is 32.0. The molecule has 18 aromatic rings. The third-order valence-corrected chi connectivity index (χ3v) is 24.3. The molecule has 24 rings (SSSR count). The molecule has 16 bridgehead atoms. The van der Waals surface area contributed by atoms with E-state index in [2.05, 4.69) is 251 Å². The lowest BCUT2D eigenvalue weighted by molar-refractivity contribution is 0.0347. The fourth-order valence-electron chi connectivity index (χ4n) is 17.9. The summed E-state index contributed by atoms with van der Waals surface area (Å²) in [5.74, 6) is 2.79. The summed E-state index contributed by atoms with van der Waals surface area (Å²) in [6, 6.07) is 108. The van der Waals surface area contributed by atoms with Crippen molar-refractivity contribution in [2.24, 2.45) is 0 Å². The fourth-order valence-corrected chi connectivity index (χ4v) is 17.9. The molecule has 0 radical (unpaired) electrons. The highest BCUT2D eigenvalue weighted by Gasteiger charge is 2.42. The summed E-state index contributed by atoms with van der Waals surface area (Å²) < 4.78 is 77.7. The Bertz CT molecular complexity index is 6750. The van der Waals surface area contributed by atoms with Crippen LogP contribution in [-0.2, 0) is 43.3 Å². The summed E-state index contributed by atoms with van der Waals surface area (Å²) in [6.07, 6.45) is 0. The molecule has 1 spiro atoms. The van der Waals surface area contributed by atoms with Gasteiger partial charge in [-0.25, -0.2) is 19.9 Å². The Morgan fingerprint density at radius 3 is 0.953 bits per heavy atom. The molecule has 128 heavy (non-hydrogen) atoms. The van der Waals surface area contributed by atoms with Gasteiger partial charge in [0.1, 0.15) is 54.8 Å². The summed E-state index contributed by atoms with van der Waals surface area (Å²) >= 11 is 0. The Kier molecular flexibility index (Phi) is 25.4. The monoisotopic (exact) mass is 1700 g/mol. The van der Waals surface area contributed by atoms with E-state index in [-0.39, 0.29) is 0 Å². The van der Waals surface area contributed by atoms with Gasteiger partial charge in [0.25, 0.3) is 0 Å². The number of rotatable bonds is 3. The van der Waals surface area contributed by atoms with Gasteiger partial charge in [0.15, 0.2) is 0 Å². The van der Waals surface area contributed by atoms with Crippen LogP contribution < -0.4 is 28.7 Å². The molecule has 6 aliphatic rings. The Labute approximate surface area is 742 Å². The zero-order chi connectivity index (χ0) is 85.6. The number of pyridine rings is 4. The van der Waals surface area contributed by atoms with Crippen molar-refractivity contribution in [1.29, 1.82) is 0 Å². The van der Waals surface area contributed by atoms with Gasteiger partial charge in [-0.1, -0.05) is 164 Å². The van der Waals surface area contributed by atoms with Gasteiger partial charge in [-0.2, -0.15) is 0 Å². The topological polar surface area (TPSA) is 174 Å². The van der Waals surface area contributed by atoms with Gasteiger partial charge in [-0.05, 0) is 189 Å². The SMILES string of the molecule is c1ccc(-n2c3ccccc3c3cc(N4CCOCCOCCOc5ccc(cc5)-c5ccc6ccc7ccc(nc7c6n5)C5(c6ccc(cc6)OCCOCCOCCN(c6ccc7c8ccccc8c8ccccc8c7c6)CCOCCOCCOc6ccc(cc6)-c6ccc7ccc8ccc5nc8c7n6)c5ccc(cc5)OCCOCCOCC4)ccc32)cc1. The smallest absolute Gasteiger partial charge is 0.119 e. The lowest BCUT2D eigenvalue weighted by Crippen LogP contribution is -2.33. The second-order valence-electron chi connectivity index (χ2n) is 32.0. The first-order valence-corrected chi connectivity index (χ1v) is 44.4. The molecule has 0 saturated heterocycles. The largest absolute Gasteiger partial charge is 0.491 e. The third kappa shape index (κ3) is 17.9. The highest BCUT2D eigenvalue weighted by atomic mass is 16.6. The molecule has 5 aromatic heterocycles. The van der Waals surface area contributed by atoms with Gasteiger partial charge in [0.2, 0.25) is 0 Å². The minimum absolute atomic E-state index is 0.305. The highest BCUT2D eigenvalue weighted by Crippen LogP contribution is 2.47. The van der Waals surface area contributed by atoms with E-state index in [0.29, 0.717) is 181 Å². The van der Waals surface area contributed by atoms with Gasteiger partial charge in [-0.3, -0.25) is 0 Å². The Morgan fingerprint density at radius 1 is 0.219 bits per heavy atom. The standard InChI is InChI=1S/C109H99N7O12/c1-2-10-84(11-3-1)116-101-17-9-8-16-96(101)98-75-86(35-47-102(98)116)115-52-56-119-60-63-122-67-71-126-88-38-24-77(25-39-88)100-46-27-79-19-21-81-29-49-104(113-108(81)106(79)111-100)109(83-32-42-90(43-33-83)128-73-69-124-65-61-120-57-53-115)82-30-40-89(41-31-82)127-72-68-123-64-59-118-55-51-114(85-34-44-95-93-14-5-4-12-91(93)92-13-6-7-15-94(92)97(95)74-85)50-54-117-58-62-121-66-70-125-87-36-22-76(23-37-87)99-45-26-78-18-20-80-28-48-103(109)112-107(80)105(78)110-99/h1-49,74-75H,50-73H2. The molecular formula is C109H99N7O12. The zero-order valence-corrected chi connectivity index (χ0v) is 71.4. The van der Waals surface area contributed by atoms with Crippen molar-refractivity contribution in [3.05, 3.63) is 332 Å². The number of para-hydroxylation sites is 2. The van der Waals surface area contributed by atoms with E-state index in [1.807, 2.05) is 72.8 Å². The number of ether oxygens (including phenoxy) is 12. The van der Waals surface area contributed by atoms with Gasteiger partial charge in [-0.15, -0.1) is 0 Å². The molecular weight excluding hydrogens is 1600 g/mol. The molecule has 1 atom stereocenters. The molecule has 0 amide bonds. The van der Waals surface area contributed by atoms with Crippen LogP contribution in [0.3, 0.4) is 0 Å². The number of benzene rings is 13. The van der Waals surface area contributed by atoms with Crippen molar-refractivity contribution < 1.29 is 56.8 Å².